The summed E-state index contributed by atoms with van der Waals surface area (Å²) >= 11 is 0. The molecule has 0 amide bonds. The van der Waals surface area contributed by atoms with Crippen LogP contribution in [-0.2, 0) is 0 Å². The van der Waals surface area contributed by atoms with Crippen LogP contribution in [0.4, 0.5) is 0 Å². The smallest absolute Gasteiger partial charge is 0.170 e. The monoisotopic (exact) mass is 212 g/mol. The molecule has 1 heteroatoms. The molecular formula is C15H16O. The van der Waals surface area contributed by atoms with Gasteiger partial charge in [0.25, 0.3) is 0 Å². The van der Waals surface area contributed by atoms with E-state index in [0.717, 1.165) is 5.56 Å². The van der Waals surface area contributed by atoms with Crippen LogP contribution in [0.1, 0.15) is 24.2 Å². The highest BCUT2D eigenvalue weighted by Crippen LogP contribution is 2.25. The van der Waals surface area contributed by atoms with Gasteiger partial charge in [-0.2, -0.15) is 0 Å². The second kappa shape index (κ2) is 4.48. The van der Waals surface area contributed by atoms with Crippen molar-refractivity contribution in [2.24, 2.45) is 11.8 Å². The Labute approximate surface area is 96.5 Å². The van der Waals surface area contributed by atoms with Gasteiger partial charge in [-0.05, 0) is 12.8 Å². The van der Waals surface area contributed by atoms with E-state index >= 15 is 0 Å². The second-order valence-corrected chi connectivity index (χ2v) is 4.38. The summed E-state index contributed by atoms with van der Waals surface area (Å²) in [6.45, 7) is 4.12. The number of ketones is 1. The summed E-state index contributed by atoms with van der Waals surface area (Å²) in [5.74, 6) is 0.501. The Morgan fingerprint density at radius 1 is 1.19 bits per heavy atom. The first kappa shape index (κ1) is 10.9. The number of carbonyl (C=O) groups excluding carboxylic acids is 1. The van der Waals surface area contributed by atoms with Gasteiger partial charge < -0.3 is 0 Å². The number of rotatable bonds is 2. The fraction of sp³-hybridized carbons (Fsp3) is 0.267. The van der Waals surface area contributed by atoms with Gasteiger partial charge in [0, 0.05) is 11.5 Å². The molecule has 0 fully saturated rings. The zero-order valence-corrected chi connectivity index (χ0v) is 9.68. The van der Waals surface area contributed by atoms with Gasteiger partial charge in [-0.3, -0.25) is 4.79 Å². The van der Waals surface area contributed by atoms with E-state index in [4.69, 9.17) is 0 Å². The minimum Gasteiger partial charge on any atom is -0.293 e. The van der Waals surface area contributed by atoms with E-state index in [-0.39, 0.29) is 17.6 Å². The average Bonchev–Trinajstić information content (AvgIpc) is 2.32. The van der Waals surface area contributed by atoms with Gasteiger partial charge in [-0.1, -0.05) is 61.1 Å². The lowest BCUT2D eigenvalue weighted by atomic mass is 9.82. The summed E-state index contributed by atoms with van der Waals surface area (Å²) < 4.78 is 0. The van der Waals surface area contributed by atoms with Crippen LogP contribution in [-0.4, -0.2) is 5.78 Å². The highest BCUT2D eigenvalue weighted by molar-refractivity contribution is 5.99. The van der Waals surface area contributed by atoms with E-state index < -0.39 is 0 Å². The molecule has 2 unspecified atom stereocenters. The van der Waals surface area contributed by atoms with Crippen LogP contribution in [0.3, 0.4) is 0 Å². The van der Waals surface area contributed by atoms with Gasteiger partial charge in [0.2, 0.25) is 0 Å². The van der Waals surface area contributed by atoms with E-state index in [1.54, 1.807) is 0 Å². The summed E-state index contributed by atoms with van der Waals surface area (Å²) in [5.41, 5.74) is 1.98. The molecule has 2 atom stereocenters. The largest absolute Gasteiger partial charge is 0.293 e. The number of benzene rings is 1. The summed E-state index contributed by atoms with van der Waals surface area (Å²) in [6.07, 6.45) is 6.26. The highest BCUT2D eigenvalue weighted by atomic mass is 16.1. The van der Waals surface area contributed by atoms with Crippen molar-refractivity contribution in [1.82, 2.24) is 0 Å². The molecule has 1 aliphatic rings. The van der Waals surface area contributed by atoms with E-state index in [1.165, 1.54) is 5.57 Å². The van der Waals surface area contributed by atoms with Crippen LogP contribution in [0, 0.1) is 11.8 Å². The molecule has 0 N–H and O–H groups in total. The fourth-order valence-electron chi connectivity index (χ4n) is 2.02. The Kier molecular flexibility index (Phi) is 3.04. The van der Waals surface area contributed by atoms with Crippen molar-refractivity contribution in [3.05, 3.63) is 59.7 Å². The summed E-state index contributed by atoms with van der Waals surface area (Å²) in [7, 11) is 0. The van der Waals surface area contributed by atoms with Gasteiger partial charge in [0.15, 0.2) is 5.78 Å². The molecule has 16 heavy (non-hydrogen) atoms. The van der Waals surface area contributed by atoms with Crippen molar-refractivity contribution in [3.8, 4) is 0 Å². The molecule has 0 spiro atoms. The summed E-state index contributed by atoms with van der Waals surface area (Å²) in [5, 5.41) is 0. The number of allylic oxidation sites excluding steroid dienone is 4. The highest BCUT2D eigenvalue weighted by Gasteiger charge is 2.24. The quantitative estimate of drug-likeness (QED) is 0.684. The Bertz CT molecular complexity index is 440. The Morgan fingerprint density at radius 2 is 1.88 bits per heavy atom. The van der Waals surface area contributed by atoms with Crippen molar-refractivity contribution in [1.29, 1.82) is 0 Å². The van der Waals surface area contributed by atoms with E-state index in [1.807, 2.05) is 37.3 Å². The molecule has 0 aliphatic heterocycles. The zero-order valence-electron chi connectivity index (χ0n) is 9.68. The molecule has 0 heterocycles. The zero-order chi connectivity index (χ0) is 11.5. The first-order valence-electron chi connectivity index (χ1n) is 5.64. The maximum absolute atomic E-state index is 12.3. The number of hydrogen-bond donors (Lipinski definition) is 0. The van der Waals surface area contributed by atoms with Gasteiger partial charge >= 0.3 is 0 Å². The van der Waals surface area contributed by atoms with Crippen LogP contribution in [0.15, 0.2) is 54.1 Å². The molecule has 0 aromatic heterocycles. The molecule has 1 aliphatic carbocycles. The van der Waals surface area contributed by atoms with Crippen LogP contribution < -0.4 is 0 Å². The average molecular weight is 212 g/mol. The lowest BCUT2D eigenvalue weighted by molar-refractivity contribution is 0.0925. The molecular weight excluding hydrogens is 196 g/mol. The molecule has 1 nitrogen and oxygen atoms in total. The summed E-state index contributed by atoms with van der Waals surface area (Å²) in [4.78, 5) is 12.3. The Morgan fingerprint density at radius 3 is 2.56 bits per heavy atom. The third-order valence-corrected chi connectivity index (χ3v) is 3.03. The Hall–Kier alpha value is -1.63. The van der Waals surface area contributed by atoms with Crippen LogP contribution in [0.5, 0.6) is 0 Å². The lowest BCUT2D eigenvalue weighted by Crippen LogP contribution is -2.21. The molecule has 2 rings (SSSR count). The minimum atomic E-state index is -0.00704. The van der Waals surface area contributed by atoms with E-state index in [9.17, 15) is 4.79 Å². The fourth-order valence-corrected chi connectivity index (χ4v) is 2.02. The van der Waals surface area contributed by atoms with Gasteiger partial charge in [0.1, 0.15) is 0 Å². The van der Waals surface area contributed by atoms with Crippen molar-refractivity contribution >= 4 is 5.78 Å². The second-order valence-electron chi connectivity index (χ2n) is 4.38. The maximum Gasteiger partial charge on any atom is 0.170 e. The number of hydrogen-bond acceptors (Lipinski definition) is 1. The minimum absolute atomic E-state index is 0.00704. The molecule has 82 valence electrons. The molecule has 0 saturated heterocycles. The van der Waals surface area contributed by atoms with Gasteiger partial charge in [0.05, 0.1) is 0 Å². The van der Waals surface area contributed by atoms with Crippen LogP contribution in [0.25, 0.3) is 0 Å². The van der Waals surface area contributed by atoms with Crippen molar-refractivity contribution in [2.45, 2.75) is 13.8 Å². The predicted molar refractivity (Wildman–Crippen MR) is 66.3 cm³/mol. The molecule has 1 aromatic rings. The molecule has 0 radical (unpaired) electrons. The predicted octanol–water partition coefficient (Wildman–Crippen LogP) is 3.64. The lowest BCUT2D eigenvalue weighted by Gasteiger charge is -2.21. The van der Waals surface area contributed by atoms with Gasteiger partial charge in [-0.15, -0.1) is 0 Å². The third kappa shape index (κ3) is 2.13. The van der Waals surface area contributed by atoms with E-state index in [2.05, 4.69) is 25.2 Å². The first-order valence-corrected chi connectivity index (χ1v) is 5.64. The van der Waals surface area contributed by atoms with Gasteiger partial charge in [-0.25, -0.2) is 0 Å². The van der Waals surface area contributed by atoms with Crippen molar-refractivity contribution in [2.75, 3.05) is 0 Å². The molecule has 0 bridgehead atoms. The van der Waals surface area contributed by atoms with Crippen molar-refractivity contribution < 1.29 is 4.79 Å². The maximum atomic E-state index is 12.3. The SMILES string of the molecule is CC1=CC(C(=O)c2ccccc2)C(C)C=C1. The third-order valence-electron chi connectivity index (χ3n) is 3.03. The van der Waals surface area contributed by atoms with E-state index in [0.29, 0.717) is 0 Å². The van der Waals surface area contributed by atoms with Crippen LogP contribution in [0.2, 0.25) is 0 Å². The first-order chi connectivity index (χ1) is 7.68. The number of Topliss-reactive ketones (excluding diaryl/α,β-unsaturated/α-hetero) is 1. The van der Waals surface area contributed by atoms with Crippen molar-refractivity contribution in [3.63, 3.8) is 0 Å². The molecule has 1 aromatic carbocycles. The Balaban J connectivity index is 2.26. The van der Waals surface area contributed by atoms with Crippen LogP contribution >= 0.6 is 0 Å². The number of carbonyl (C=O) groups is 1. The normalized spacial score (nSPS) is 24.0. The standard InChI is InChI=1S/C15H16O/c1-11-8-9-12(2)14(10-11)15(16)13-6-4-3-5-7-13/h3-10,12,14H,1-2H3. The summed E-state index contributed by atoms with van der Waals surface area (Å²) in [6, 6.07) is 9.52. The topological polar surface area (TPSA) is 17.1 Å². The molecule has 0 saturated carbocycles.